The normalized spacial score (nSPS) is 15.4. The van der Waals surface area contributed by atoms with Crippen molar-refractivity contribution >= 4 is 22.7 Å². The van der Waals surface area contributed by atoms with Crippen LogP contribution in [0.1, 0.15) is 37.8 Å². The van der Waals surface area contributed by atoms with Crippen molar-refractivity contribution in [2.24, 2.45) is 4.99 Å². The summed E-state index contributed by atoms with van der Waals surface area (Å²) in [6, 6.07) is 13.1. The first-order valence-electron chi connectivity index (χ1n) is 11.6. The summed E-state index contributed by atoms with van der Waals surface area (Å²) in [6.45, 7) is 7.99. The van der Waals surface area contributed by atoms with Crippen molar-refractivity contribution in [3.05, 3.63) is 59.9 Å². The van der Waals surface area contributed by atoms with Gasteiger partial charge < -0.3 is 20.5 Å². The highest BCUT2D eigenvalue weighted by atomic mass is 15.2. The van der Waals surface area contributed by atoms with Crippen LogP contribution in [0.5, 0.6) is 0 Å². The number of H-pyrrole nitrogens is 1. The molecule has 31 heavy (non-hydrogen) atoms. The van der Waals surface area contributed by atoms with Gasteiger partial charge in [0.15, 0.2) is 5.96 Å². The van der Waals surface area contributed by atoms with Crippen LogP contribution in [0.25, 0.3) is 10.9 Å². The number of rotatable bonds is 7. The maximum Gasteiger partial charge on any atom is 0.191 e. The van der Waals surface area contributed by atoms with E-state index in [1.54, 1.807) is 0 Å². The summed E-state index contributed by atoms with van der Waals surface area (Å²) in [5, 5.41) is 8.39. The number of fused-ring (bicyclic) bond motifs is 1. The number of para-hydroxylation sites is 1. The van der Waals surface area contributed by atoms with Crippen molar-refractivity contribution in [1.82, 2.24) is 20.6 Å². The number of anilines is 1. The van der Waals surface area contributed by atoms with E-state index in [2.05, 4.69) is 75.9 Å². The number of aromatic nitrogens is 2. The Hall–Kier alpha value is -3.02. The number of nitrogens with zero attached hydrogens (tertiary/aromatic N) is 3. The Morgan fingerprint density at radius 2 is 2.00 bits per heavy atom. The van der Waals surface area contributed by atoms with Crippen molar-refractivity contribution < 1.29 is 0 Å². The Kier molecular flexibility index (Phi) is 7.07. The maximum atomic E-state index is 4.86. The van der Waals surface area contributed by atoms with Gasteiger partial charge in [-0.2, -0.15) is 0 Å². The highest BCUT2D eigenvalue weighted by Crippen LogP contribution is 2.22. The molecular weight excluding hydrogens is 384 g/mol. The van der Waals surface area contributed by atoms with E-state index in [0.717, 1.165) is 63.6 Å². The average Bonchev–Trinajstić information content (AvgIpc) is 3.23. The molecule has 0 amide bonds. The highest BCUT2D eigenvalue weighted by Gasteiger charge is 2.20. The van der Waals surface area contributed by atoms with E-state index in [1.807, 2.05) is 12.3 Å². The van der Waals surface area contributed by atoms with Crippen LogP contribution in [0.4, 0.5) is 5.82 Å². The molecule has 0 saturated carbocycles. The van der Waals surface area contributed by atoms with Crippen LogP contribution < -0.4 is 15.5 Å². The molecule has 0 bridgehead atoms. The standard InChI is InChI=1S/C25H34N6/c1-3-19-8-7-9-22-20(18-29-24(19)22)11-15-28-25(26-4-2)30-21-12-16-31(17-13-21)23-10-5-6-14-27-23/h5-10,14,18,21,29H,3-4,11-13,15-17H2,1-2H3,(H2,26,28,30). The lowest BCUT2D eigenvalue weighted by molar-refractivity contribution is 0.459. The molecule has 1 fully saturated rings. The van der Waals surface area contributed by atoms with Crippen LogP contribution >= 0.6 is 0 Å². The van der Waals surface area contributed by atoms with E-state index < -0.39 is 0 Å². The number of aliphatic imine (C=N–C) groups is 1. The molecule has 1 aliphatic rings. The summed E-state index contributed by atoms with van der Waals surface area (Å²) < 4.78 is 0. The number of nitrogens with one attached hydrogen (secondary N) is 3. The van der Waals surface area contributed by atoms with Gasteiger partial charge in [-0.15, -0.1) is 0 Å². The van der Waals surface area contributed by atoms with Gasteiger partial charge in [0.25, 0.3) is 0 Å². The SMILES string of the molecule is CCNC(=NCCc1c[nH]c2c(CC)cccc12)NC1CCN(c2ccccn2)CC1. The molecule has 4 rings (SSSR count). The minimum atomic E-state index is 0.443. The first-order chi connectivity index (χ1) is 15.3. The van der Waals surface area contributed by atoms with Gasteiger partial charge in [0.05, 0.1) is 0 Å². The molecule has 2 aromatic heterocycles. The second kappa shape index (κ2) is 10.3. The van der Waals surface area contributed by atoms with Crippen molar-refractivity contribution in [2.75, 3.05) is 31.1 Å². The van der Waals surface area contributed by atoms with Crippen molar-refractivity contribution in [1.29, 1.82) is 0 Å². The van der Waals surface area contributed by atoms with Crippen LogP contribution in [0.3, 0.4) is 0 Å². The lowest BCUT2D eigenvalue weighted by Gasteiger charge is -2.33. The third-order valence-corrected chi connectivity index (χ3v) is 6.07. The number of benzene rings is 1. The van der Waals surface area contributed by atoms with E-state index in [0.29, 0.717) is 6.04 Å². The zero-order chi connectivity index (χ0) is 21.5. The first kappa shape index (κ1) is 21.2. The number of hydrogen-bond donors (Lipinski definition) is 3. The molecule has 6 heteroatoms. The summed E-state index contributed by atoms with van der Waals surface area (Å²) in [5.41, 5.74) is 3.99. The number of pyridine rings is 1. The van der Waals surface area contributed by atoms with Gasteiger partial charge in [0.1, 0.15) is 5.82 Å². The van der Waals surface area contributed by atoms with Crippen LogP contribution in [0, 0.1) is 0 Å². The van der Waals surface area contributed by atoms with Crippen LogP contribution in [-0.4, -0.2) is 48.1 Å². The van der Waals surface area contributed by atoms with Gasteiger partial charge >= 0.3 is 0 Å². The molecule has 1 saturated heterocycles. The fourth-order valence-corrected chi connectivity index (χ4v) is 4.37. The van der Waals surface area contributed by atoms with Gasteiger partial charge in [-0.25, -0.2) is 4.98 Å². The van der Waals surface area contributed by atoms with Crippen LogP contribution in [0.2, 0.25) is 0 Å². The Morgan fingerprint density at radius 3 is 2.74 bits per heavy atom. The lowest BCUT2D eigenvalue weighted by atomic mass is 10.1. The minimum absolute atomic E-state index is 0.443. The molecule has 0 unspecified atom stereocenters. The molecular formula is C25H34N6. The Bertz CT molecular complexity index is 986. The lowest BCUT2D eigenvalue weighted by Crippen LogP contribution is -2.49. The predicted molar refractivity (Wildman–Crippen MR) is 130 cm³/mol. The molecule has 164 valence electrons. The first-order valence-corrected chi connectivity index (χ1v) is 11.6. The number of guanidine groups is 1. The largest absolute Gasteiger partial charge is 0.361 e. The Morgan fingerprint density at radius 1 is 1.13 bits per heavy atom. The molecule has 3 heterocycles. The van der Waals surface area contributed by atoms with Crippen molar-refractivity contribution in [3.8, 4) is 0 Å². The molecule has 0 atom stereocenters. The summed E-state index contributed by atoms with van der Waals surface area (Å²) in [7, 11) is 0. The number of piperidine rings is 1. The number of aromatic amines is 1. The Balaban J connectivity index is 1.33. The fourth-order valence-electron chi connectivity index (χ4n) is 4.37. The molecule has 3 aromatic rings. The zero-order valence-electron chi connectivity index (χ0n) is 18.7. The van der Waals surface area contributed by atoms with E-state index in [9.17, 15) is 0 Å². The fraction of sp³-hybridized carbons (Fsp3) is 0.440. The number of aryl methyl sites for hydroxylation is 1. The quantitative estimate of drug-likeness (QED) is 0.402. The van der Waals surface area contributed by atoms with E-state index >= 15 is 0 Å². The van der Waals surface area contributed by atoms with Crippen molar-refractivity contribution in [2.45, 2.75) is 45.6 Å². The zero-order valence-corrected chi connectivity index (χ0v) is 18.7. The Labute approximate surface area is 185 Å². The van der Waals surface area contributed by atoms with E-state index in [4.69, 9.17) is 4.99 Å². The van der Waals surface area contributed by atoms with Crippen LogP contribution in [0.15, 0.2) is 53.8 Å². The molecule has 0 radical (unpaired) electrons. The topological polar surface area (TPSA) is 68.3 Å². The number of hydrogen-bond acceptors (Lipinski definition) is 3. The summed E-state index contributed by atoms with van der Waals surface area (Å²) in [4.78, 5) is 15.2. The second-order valence-corrected chi connectivity index (χ2v) is 8.11. The van der Waals surface area contributed by atoms with Gasteiger partial charge in [-0.3, -0.25) is 4.99 Å². The summed E-state index contributed by atoms with van der Waals surface area (Å²) >= 11 is 0. The van der Waals surface area contributed by atoms with Crippen molar-refractivity contribution in [3.63, 3.8) is 0 Å². The van der Waals surface area contributed by atoms with E-state index in [-0.39, 0.29) is 0 Å². The summed E-state index contributed by atoms with van der Waals surface area (Å²) in [5.74, 6) is 2.00. The second-order valence-electron chi connectivity index (χ2n) is 8.11. The molecule has 1 aromatic carbocycles. The molecule has 0 aliphatic carbocycles. The van der Waals surface area contributed by atoms with Gasteiger partial charge in [0.2, 0.25) is 0 Å². The molecule has 3 N–H and O–H groups in total. The third kappa shape index (κ3) is 5.19. The molecule has 6 nitrogen and oxygen atoms in total. The third-order valence-electron chi connectivity index (χ3n) is 6.07. The minimum Gasteiger partial charge on any atom is -0.361 e. The van der Waals surface area contributed by atoms with Gasteiger partial charge in [-0.1, -0.05) is 31.2 Å². The van der Waals surface area contributed by atoms with Gasteiger partial charge in [0, 0.05) is 55.5 Å². The van der Waals surface area contributed by atoms with Gasteiger partial charge in [-0.05, 0) is 55.9 Å². The monoisotopic (exact) mass is 418 g/mol. The molecule has 1 aliphatic heterocycles. The highest BCUT2D eigenvalue weighted by molar-refractivity contribution is 5.86. The smallest absolute Gasteiger partial charge is 0.191 e. The molecule has 0 spiro atoms. The predicted octanol–water partition coefficient (Wildman–Crippen LogP) is 3.89. The average molecular weight is 419 g/mol. The maximum absolute atomic E-state index is 4.86. The van der Waals surface area contributed by atoms with E-state index in [1.165, 1.54) is 22.0 Å². The van der Waals surface area contributed by atoms with Crippen LogP contribution in [-0.2, 0) is 12.8 Å². The summed E-state index contributed by atoms with van der Waals surface area (Å²) in [6.07, 6.45) is 8.16.